The van der Waals surface area contributed by atoms with Gasteiger partial charge in [-0.1, -0.05) is 6.92 Å². The van der Waals surface area contributed by atoms with Gasteiger partial charge in [0, 0.05) is 33.9 Å². The molecule has 0 saturated heterocycles. The first-order chi connectivity index (χ1) is 6.64. The van der Waals surface area contributed by atoms with Gasteiger partial charge in [0.05, 0.1) is 6.17 Å². The molecule has 0 amide bonds. The first-order valence-corrected chi connectivity index (χ1v) is 6.71. The van der Waals surface area contributed by atoms with Crippen LogP contribution in [0.3, 0.4) is 0 Å². The summed E-state index contributed by atoms with van der Waals surface area (Å²) < 4.78 is 15.8. The lowest BCUT2D eigenvalue weighted by Gasteiger charge is -2.25. The van der Waals surface area contributed by atoms with Crippen LogP contribution in [0.15, 0.2) is 0 Å². The molecule has 14 heavy (non-hydrogen) atoms. The van der Waals surface area contributed by atoms with Crippen LogP contribution < -0.4 is 11.1 Å². The molecule has 1 unspecified atom stereocenters. The first kappa shape index (κ1) is 14.0. The highest BCUT2D eigenvalue weighted by atomic mass is 28.4. The topological polar surface area (TPSA) is 65.7 Å². The van der Waals surface area contributed by atoms with Crippen LogP contribution in [0.5, 0.6) is 0 Å². The molecule has 0 aliphatic carbocycles. The zero-order valence-corrected chi connectivity index (χ0v) is 10.5. The molecule has 0 aliphatic rings. The molecule has 0 fully saturated rings. The molecule has 6 heteroatoms. The van der Waals surface area contributed by atoms with Gasteiger partial charge < -0.3 is 24.3 Å². The molecule has 0 rings (SSSR count). The fourth-order valence-electron chi connectivity index (χ4n) is 1.11. The number of rotatable bonds is 8. The summed E-state index contributed by atoms with van der Waals surface area (Å²) in [6, 6.07) is 0.726. The second-order valence-corrected chi connectivity index (χ2v) is 6.11. The second-order valence-electron chi connectivity index (χ2n) is 3.01. The van der Waals surface area contributed by atoms with Crippen LogP contribution in [0.2, 0.25) is 6.04 Å². The molecular formula is C8H22N2O3Si. The maximum absolute atomic E-state index is 5.71. The van der Waals surface area contributed by atoms with Crippen LogP contribution >= 0.6 is 0 Å². The Hall–Kier alpha value is 0.0169. The van der Waals surface area contributed by atoms with E-state index in [1.807, 2.05) is 6.92 Å². The lowest BCUT2D eigenvalue weighted by atomic mass is 10.4. The van der Waals surface area contributed by atoms with Crippen molar-refractivity contribution < 1.29 is 13.3 Å². The Morgan fingerprint density at radius 3 is 2.07 bits per heavy atom. The minimum absolute atomic E-state index is 0.0345. The smallest absolute Gasteiger partial charge is 0.377 e. The van der Waals surface area contributed by atoms with Gasteiger partial charge in [0.2, 0.25) is 0 Å². The predicted molar refractivity (Wildman–Crippen MR) is 57.9 cm³/mol. The third kappa shape index (κ3) is 4.49. The monoisotopic (exact) mass is 222 g/mol. The summed E-state index contributed by atoms with van der Waals surface area (Å²) in [6.07, 6.45) is 0.939. The summed E-state index contributed by atoms with van der Waals surface area (Å²) >= 11 is 0. The fourth-order valence-corrected chi connectivity index (χ4v) is 2.67. The average Bonchev–Trinajstić information content (AvgIpc) is 2.25. The van der Waals surface area contributed by atoms with E-state index in [4.69, 9.17) is 19.0 Å². The zero-order valence-electron chi connectivity index (χ0n) is 9.50. The maximum atomic E-state index is 5.71. The van der Waals surface area contributed by atoms with Crippen LogP contribution in [0.25, 0.3) is 0 Å². The fraction of sp³-hybridized carbons (Fsp3) is 1.00. The van der Waals surface area contributed by atoms with E-state index < -0.39 is 8.80 Å². The molecule has 0 aliphatic heterocycles. The van der Waals surface area contributed by atoms with Gasteiger partial charge in [-0.15, -0.1) is 0 Å². The summed E-state index contributed by atoms with van der Waals surface area (Å²) in [5, 5.41) is 3.16. The van der Waals surface area contributed by atoms with E-state index in [-0.39, 0.29) is 6.17 Å². The molecule has 0 bridgehead atoms. The third-order valence-corrected chi connectivity index (χ3v) is 4.94. The Kier molecular flexibility index (Phi) is 7.34. The lowest BCUT2D eigenvalue weighted by molar-refractivity contribution is 0.123. The molecule has 0 aromatic rings. The molecule has 3 N–H and O–H groups in total. The van der Waals surface area contributed by atoms with E-state index in [1.54, 1.807) is 21.3 Å². The first-order valence-electron chi connectivity index (χ1n) is 4.78. The van der Waals surface area contributed by atoms with Crippen molar-refractivity contribution in [2.75, 3.05) is 27.9 Å². The lowest BCUT2D eigenvalue weighted by Crippen LogP contribution is -2.47. The van der Waals surface area contributed by atoms with Gasteiger partial charge in [0.25, 0.3) is 0 Å². The highest BCUT2D eigenvalue weighted by Crippen LogP contribution is 2.11. The van der Waals surface area contributed by atoms with Crippen molar-refractivity contribution in [2.45, 2.75) is 25.6 Å². The molecular weight excluding hydrogens is 200 g/mol. The number of hydrogen-bond acceptors (Lipinski definition) is 5. The van der Waals surface area contributed by atoms with Crippen LogP contribution in [-0.2, 0) is 13.3 Å². The highest BCUT2D eigenvalue weighted by molar-refractivity contribution is 6.60. The summed E-state index contributed by atoms with van der Waals surface area (Å²) in [7, 11) is 2.42. The van der Waals surface area contributed by atoms with Crippen LogP contribution in [0, 0.1) is 0 Å². The normalized spacial score (nSPS) is 14.4. The van der Waals surface area contributed by atoms with Crippen LogP contribution in [-0.4, -0.2) is 42.8 Å². The maximum Gasteiger partial charge on any atom is 0.501 e. The molecule has 0 spiro atoms. The molecule has 0 radical (unpaired) electrons. The van der Waals surface area contributed by atoms with E-state index in [2.05, 4.69) is 5.32 Å². The summed E-state index contributed by atoms with van der Waals surface area (Å²) in [6.45, 7) is 2.78. The standard InChI is InChI=1S/C8H22N2O3Si/c1-5-8(9)10-6-7-14(11-2,12-3)13-4/h8,10H,5-7,9H2,1-4H3. The Bertz CT molecular complexity index is 136. The highest BCUT2D eigenvalue weighted by Gasteiger charge is 2.36. The Labute approximate surface area is 87.3 Å². The summed E-state index contributed by atoms with van der Waals surface area (Å²) in [5.41, 5.74) is 5.71. The summed E-state index contributed by atoms with van der Waals surface area (Å²) in [5.74, 6) is 0. The molecule has 0 aromatic heterocycles. The van der Waals surface area contributed by atoms with Gasteiger partial charge in [-0.3, -0.25) is 0 Å². The molecule has 0 heterocycles. The van der Waals surface area contributed by atoms with E-state index in [0.29, 0.717) is 0 Å². The number of hydrogen-bond donors (Lipinski definition) is 2. The van der Waals surface area contributed by atoms with Crippen molar-refractivity contribution in [3.63, 3.8) is 0 Å². The van der Waals surface area contributed by atoms with Gasteiger partial charge in [0.15, 0.2) is 0 Å². The van der Waals surface area contributed by atoms with Gasteiger partial charge in [-0.25, -0.2) is 0 Å². The SMILES string of the molecule is CCC(N)NCC[Si](OC)(OC)OC. The van der Waals surface area contributed by atoms with Gasteiger partial charge >= 0.3 is 8.80 Å². The third-order valence-electron chi connectivity index (χ3n) is 2.21. The number of nitrogens with two attached hydrogens (primary N) is 1. The molecule has 0 aromatic carbocycles. The van der Waals surface area contributed by atoms with Crippen molar-refractivity contribution in [3.05, 3.63) is 0 Å². The quantitative estimate of drug-likeness (QED) is 0.452. The largest absolute Gasteiger partial charge is 0.501 e. The van der Waals surface area contributed by atoms with Crippen molar-refractivity contribution in [1.29, 1.82) is 0 Å². The van der Waals surface area contributed by atoms with Gasteiger partial charge in [-0.05, 0) is 6.42 Å². The zero-order chi connectivity index (χ0) is 11.0. The van der Waals surface area contributed by atoms with Crippen molar-refractivity contribution in [1.82, 2.24) is 5.32 Å². The minimum Gasteiger partial charge on any atom is -0.377 e. The number of nitrogens with one attached hydrogen (secondary N) is 1. The predicted octanol–water partition coefficient (Wildman–Crippen LogP) is 0.149. The Morgan fingerprint density at radius 2 is 1.71 bits per heavy atom. The van der Waals surface area contributed by atoms with Crippen molar-refractivity contribution in [3.8, 4) is 0 Å². The van der Waals surface area contributed by atoms with Gasteiger partial charge in [-0.2, -0.15) is 0 Å². The molecule has 86 valence electrons. The van der Waals surface area contributed by atoms with Gasteiger partial charge in [0.1, 0.15) is 0 Å². The molecule has 5 nitrogen and oxygen atoms in total. The van der Waals surface area contributed by atoms with E-state index in [0.717, 1.165) is 19.0 Å². The van der Waals surface area contributed by atoms with E-state index >= 15 is 0 Å². The van der Waals surface area contributed by atoms with E-state index in [9.17, 15) is 0 Å². The van der Waals surface area contributed by atoms with Crippen molar-refractivity contribution in [2.24, 2.45) is 5.73 Å². The minimum atomic E-state index is -2.42. The Balaban J connectivity index is 3.82. The molecule has 1 atom stereocenters. The van der Waals surface area contributed by atoms with E-state index in [1.165, 1.54) is 0 Å². The van der Waals surface area contributed by atoms with Crippen LogP contribution in [0.1, 0.15) is 13.3 Å². The Morgan fingerprint density at radius 1 is 1.21 bits per heavy atom. The average molecular weight is 222 g/mol. The van der Waals surface area contributed by atoms with Crippen LogP contribution in [0.4, 0.5) is 0 Å². The summed E-state index contributed by atoms with van der Waals surface area (Å²) in [4.78, 5) is 0. The van der Waals surface area contributed by atoms with Crippen molar-refractivity contribution >= 4 is 8.80 Å². The molecule has 0 saturated carbocycles. The second kappa shape index (κ2) is 7.33.